The maximum atomic E-state index is 12.3. The number of nitrogens with zero attached hydrogens (tertiary/aromatic N) is 4. The molecule has 2 amide bonds. The molecule has 1 saturated heterocycles. The maximum Gasteiger partial charge on any atom is 0.318 e. The highest BCUT2D eigenvalue weighted by molar-refractivity contribution is 5.74. The fourth-order valence-corrected chi connectivity index (χ4v) is 2.57. The van der Waals surface area contributed by atoms with E-state index in [9.17, 15) is 4.79 Å². The van der Waals surface area contributed by atoms with Gasteiger partial charge in [-0.25, -0.2) is 14.8 Å². The Morgan fingerprint density at radius 3 is 3.00 bits per heavy atom. The lowest BCUT2D eigenvalue weighted by Crippen LogP contribution is -2.54. The van der Waals surface area contributed by atoms with Crippen LogP contribution in [0.5, 0.6) is 0 Å². The quantitative estimate of drug-likeness (QED) is 0.933. The molecule has 0 bridgehead atoms. The maximum absolute atomic E-state index is 12.3. The van der Waals surface area contributed by atoms with Gasteiger partial charge in [-0.15, -0.1) is 0 Å². The van der Waals surface area contributed by atoms with Crippen LogP contribution in [0.3, 0.4) is 0 Å². The summed E-state index contributed by atoms with van der Waals surface area (Å²) in [5, 5.41) is 2.95. The van der Waals surface area contributed by atoms with Crippen LogP contribution in [0.25, 0.3) is 5.82 Å². The van der Waals surface area contributed by atoms with Crippen molar-refractivity contribution in [1.82, 2.24) is 24.8 Å². The Labute approximate surface area is 135 Å². The lowest BCUT2D eigenvalue weighted by molar-refractivity contribution is -0.0376. The Kier molecular flexibility index (Phi) is 4.57. The molecule has 1 aliphatic rings. The highest BCUT2D eigenvalue weighted by Crippen LogP contribution is 2.13. The molecule has 0 unspecified atom stereocenters. The topological polar surface area (TPSA) is 72.3 Å². The van der Waals surface area contributed by atoms with Gasteiger partial charge in [0.1, 0.15) is 12.1 Å². The molecule has 0 aliphatic carbocycles. The van der Waals surface area contributed by atoms with Gasteiger partial charge in [-0.3, -0.25) is 4.57 Å². The van der Waals surface area contributed by atoms with Crippen LogP contribution in [0.2, 0.25) is 0 Å². The molecule has 0 radical (unpaired) electrons. The van der Waals surface area contributed by atoms with Crippen LogP contribution in [-0.4, -0.2) is 50.8 Å². The molecule has 23 heavy (non-hydrogen) atoms. The van der Waals surface area contributed by atoms with E-state index in [1.54, 1.807) is 18.7 Å². The van der Waals surface area contributed by atoms with E-state index in [0.29, 0.717) is 19.7 Å². The first-order valence-corrected chi connectivity index (χ1v) is 7.74. The molecule has 1 fully saturated rings. The number of hydrogen-bond donors (Lipinski definition) is 1. The molecule has 7 nitrogen and oxygen atoms in total. The molecule has 2 aromatic rings. The average Bonchev–Trinajstić information content (AvgIpc) is 3.10. The van der Waals surface area contributed by atoms with Gasteiger partial charge in [0.25, 0.3) is 0 Å². The Morgan fingerprint density at radius 1 is 1.43 bits per heavy atom. The minimum Gasteiger partial charge on any atom is -0.375 e. The molecular formula is C16H21N5O2. The summed E-state index contributed by atoms with van der Waals surface area (Å²) >= 11 is 0. The van der Waals surface area contributed by atoms with E-state index in [0.717, 1.165) is 11.4 Å². The number of aromatic nitrogens is 3. The summed E-state index contributed by atoms with van der Waals surface area (Å²) in [6, 6.07) is 3.87. The van der Waals surface area contributed by atoms with E-state index in [1.807, 2.05) is 41.6 Å². The van der Waals surface area contributed by atoms with E-state index in [4.69, 9.17) is 4.74 Å². The zero-order valence-electron chi connectivity index (χ0n) is 13.3. The second-order valence-electron chi connectivity index (χ2n) is 5.66. The molecule has 3 heterocycles. The zero-order valence-corrected chi connectivity index (χ0v) is 13.3. The van der Waals surface area contributed by atoms with E-state index in [2.05, 4.69) is 15.3 Å². The molecule has 2 aromatic heterocycles. The van der Waals surface area contributed by atoms with Crippen molar-refractivity contribution >= 4 is 6.03 Å². The molecule has 1 aliphatic heterocycles. The molecule has 0 aromatic carbocycles. The number of pyridine rings is 1. The first kappa shape index (κ1) is 15.5. The molecule has 0 spiro atoms. The number of morpholine rings is 1. The standard InChI is InChI=1S/C16H21N5O2/c1-12-13(2)23-8-7-21(12)16(22)19-10-14-3-4-15(18-9-14)20-6-5-17-11-20/h3-6,9,11-13H,7-8,10H2,1-2H3,(H,19,22)/t12-,13+/m1/s1. The Bertz CT molecular complexity index is 641. The normalized spacial score (nSPS) is 21.2. The van der Waals surface area contributed by atoms with Crippen molar-refractivity contribution in [3.63, 3.8) is 0 Å². The van der Waals surface area contributed by atoms with Crippen molar-refractivity contribution < 1.29 is 9.53 Å². The van der Waals surface area contributed by atoms with E-state index in [-0.39, 0.29) is 18.2 Å². The minimum absolute atomic E-state index is 0.0608. The van der Waals surface area contributed by atoms with Crippen LogP contribution in [-0.2, 0) is 11.3 Å². The average molecular weight is 315 g/mol. The second kappa shape index (κ2) is 6.78. The summed E-state index contributed by atoms with van der Waals surface area (Å²) in [5.41, 5.74) is 0.955. The summed E-state index contributed by atoms with van der Waals surface area (Å²) in [7, 11) is 0. The fraction of sp³-hybridized carbons (Fsp3) is 0.438. The van der Waals surface area contributed by atoms with E-state index in [1.165, 1.54) is 0 Å². The van der Waals surface area contributed by atoms with Crippen LogP contribution in [0.15, 0.2) is 37.1 Å². The predicted molar refractivity (Wildman–Crippen MR) is 85.2 cm³/mol. The van der Waals surface area contributed by atoms with Gasteiger partial charge < -0.3 is 15.0 Å². The number of urea groups is 1. The number of imidazole rings is 1. The van der Waals surface area contributed by atoms with Crippen molar-refractivity contribution in [2.45, 2.75) is 32.5 Å². The summed E-state index contributed by atoms with van der Waals surface area (Å²) in [6.45, 7) is 5.65. The molecule has 3 rings (SSSR count). The lowest BCUT2D eigenvalue weighted by atomic mass is 10.1. The molecular weight excluding hydrogens is 294 g/mol. The first-order valence-electron chi connectivity index (χ1n) is 7.74. The van der Waals surface area contributed by atoms with Gasteiger partial charge in [-0.2, -0.15) is 0 Å². The molecule has 0 saturated carbocycles. The fourth-order valence-electron chi connectivity index (χ4n) is 2.57. The van der Waals surface area contributed by atoms with Crippen LogP contribution in [0, 0.1) is 0 Å². The largest absolute Gasteiger partial charge is 0.375 e. The first-order chi connectivity index (χ1) is 11.1. The third-order valence-corrected chi connectivity index (χ3v) is 4.17. The Hall–Kier alpha value is -2.41. The van der Waals surface area contributed by atoms with Crippen molar-refractivity contribution in [2.24, 2.45) is 0 Å². The smallest absolute Gasteiger partial charge is 0.318 e. The monoisotopic (exact) mass is 315 g/mol. The van der Waals surface area contributed by atoms with Gasteiger partial charge >= 0.3 is 6.03 Å². The van der Waals surface area contributed by atoms with Gasteiger partial charge in [0.05, 0.1) is 18.8 Å². The number of carbonyl (C=O) groups excluding carboxylic acids is 1. The minimum atomic E-state index is -0.0636. The molecule has 7 heteroatoms. The van der Waals surface area contributed by atoms with Gasteiger partial charge in [0.15, 0.2) is 0 Å². The van der Waals surface area contributed by atoms with Crippen molar-refractivity contribution in [2.75, 3.05) is 13.2 Å². The highest BCUT2D eigenvalue weighted by Gasteiger charge is 2.28. The third kappa shape index (κ3) is 3.50. The van der Waals surface area contributed by atoms with E-state index >= 15 is 0 Å². The van der Waals surface area contributed by atoms with Crippen molar-refractivity contribution in [3.8, 4) is 5.82 Å². The Morgan fingerprint density at radius 2 is 2.30 bits per heavy atom. The van der Waals surface area contributed by atoms with Gasteiger partial charge in [0.2, 0.25) is 0 Å². The molecule has 1 N–H and O–H groups in total. The summed E-state index contributed by atoms with van der Waals surface area (Å²) in [5.74, 6) is 0.799. The van der Waals surface area contributed by atoms with Crippen LogP contribution < -0.4 is 5.32 Å². The van der Waals surface area contributed by atoms with Gasteiger partial charge in [-0.05, 0) is 25.5 Å². The van der Waals surface area contributed by atoms with Gasteiger partial charge in [-0.1, -0.05) is 6.07 Å². The predicted octanol–water partition coefficient (Wildman–Crippen LogP) is 1.59. The number of amides is 2. The zero-order chi connectivity index (χ0) is 16.2. The SMILES string of the molecule is C[C@@H]1OCCN(C(=O)NCc2ccc(-n3ccnc3)nc2)[C@@H]1C. The summed E-state index contributed by atoms with van der Waals surface area (Å²) < 4.78 is 7.38. The van der Waals surface area contributed by atoms with Crippen LogP contribution >= 0.6 is 0 Å². The number of hydrogen-bond acceptors (Lipinski definition) is 4. The van der Waals surface area contributed by atoms with Gasteiger partial charge in [0, 0.05) is 31.7 Å². The lowest BCUT2D eigenvalue weighted by Gasteiger charge is -2.37. The number of nitrogens with one attached hydrogen (secondary N) is 1. The highest BCUT2D eigenvalue weighted by atomic mass is 16.5. The Balaban J connectivity index is 1.56. The number of ether oxygens (including phenoxy) is 1. The molecule has 122 valence electrons. The van der Waals surface area contributed by atoms with Crippen molar-refractivity contribution in [1.29, 1.82) is 0 Å². The van der Waals surface area contributed by atoms with Crippen LogP contribution in [0.4, 0.5) is 4.79 Å². The second-order valence-corrected chi connectivity index (χ2v) is 5.66. The van der Waals surface area contributed by atoms with Crippen LogP contribution in [0.1, 0.15) is 19.4 Å². The summed E-state index contributed by atoms with van der Waals surface area (Å²) in [4.78, 5) is 22.5. The van der Waals surface area contributed by atoms with E-state index < -0.39 is 0 Å². The molecule has 2 atom stereocenters. The third-order valence-electron chi connectivity index (χ3n) is 4.17. The number of carbonyl (C=O) groups is 1. The number of rotatable bonds is 3. The summed E-state index contributed by atoms with van der Waals surface area (Å²) in [6.07, 6.45) is 7.07. The van der Waals surface area contributed by atoms with Crippen molar-refractivity contribution in [3.05, 3.63) is 42.6 Å².